The van der Waals surface area contributed by atoms with E-state index in [4.69, 9.17) is 0 Å². The summed E-state index contributed by atoms with van der Waals surface area (Å²) >= 11 is 0. The molecule has 2 heterocycles. The molecule has 0 saturated carbocycles. The molecule has 2 fully saturated rings. The number of hydrogen-bond donors (Lipinski definition) is 1. The Labute approximate surface area is 210 Å². The quantitative estimate of drug-likeness (QED) is 0.563. The summed E-state index contributed by atoms with van der Waals surface area (Å²) in [5, 5.41) is 10.2. The van der Waals surface area contributed by atoms with Crippen LogP contribution < -0.4 is 4.90 Å². The van der Waals surface area contributed by atoms with Crippen molar-refractivity contribution < 1.29 is 19.5 Å². The SMILES string of the molecule is CN1C(=O)C[C@@](CC(=O)N2CCN(c3ccccc3O)CC2)(c2ccc(-c3ccccc3)cc2)C1=O. The van der Waals surface area contributed by atoms with Crippen LogP contribution in [0.5, 0.6) is 5.75 Å². The number of rotatable bonds is 5. The molecule has 1 atom stereocenters. The third kappa shape index (κ3) is 4.21. The Hall–Kier alpha value is -4.13. The van der Waals surface area contributed by atoms with E-state index in [0.717, 1.165) is 21.7 Å². The predicted octanol–water partition coefficient (Wildman–Crippen LogP) is 3.42. The van der Waals surface area contributed by atoms with E-state index in [1.807, 2.05) is 66.7 Å². The average Bonchev–Trinajstić information content (AvgIpc) is 3.13. The van der Waals surface area contributed by atoms with Gasteiger partial charge in [0.2, 0.25) is 17.7 Å². The molecule has 7 heteroatoms. The molecule has 36 heavy (non-hydrogen) atoms. The molecule has 0 unspecified atom stereocenters. The fourth-order valence-electron chi connectivity index (χ4n) is 5.26. The summed E-state index contributed by atoms with van der Waals surface area (Å²) in [7, 11) is 1.49. The predicted molar refractivity (Wildman–Crippen MR) is 137 cm³/mol. The zero-order chi connectivity index (χ0) is 25.3. The standard InChI is InChI=1S/C29H29N3O4/c1-30-26(34)19-29(28(30)36,23-13-11-22(12-14-23)21-7-3-2-4-8-21)20-27(35)32-17-15-31(16-18-32)24-9-5-6-10-25(24)33/h2-14,33H,15-20H2,1H3/t29-/m1/s1. The molecule has 7 nitrogen and oxygen atoms in total. The highest BCUT2D eigenvalue weighted by molar-refractivity contribution is 6.10. The zero-order valence-corrected chi connectivity index (χ0v) is 20.3. The number of likely N-dealkylation sites (N-methyl/N-ethyl adjacent to an activating group) is 1. The van der Waals surface area contributed by atoms with E-state index in [1.165, 1.54) is 7.05 Å². The van der Waals surface area contributed by atoms with Crippen LogP contribution in [-0.4, -0.2) is 65.9 Å². The lowest BCUT2D eigenvalue weighted by Crippen LogP contribution is -2.51. The fraction of sp³-hybridized carbons (Fsp3) is 0.276. The van der Waals surface area contributed by atoms with Crippen LogP contribution in [0.1, 0.15) is 18.4 Å². The van der Waals surface area contributed by atoms with Gasteiger partial charge in [0.15, 0.2) is 0 Å². The maximum absolute atomic E-state index is 13.5. The number of likely N-dealkylation sites (tertiary alicyclic amines) is 1. The number of aromatic hydroxyl groups is 1. The summed E-state index contributed by atoms with van der Waals surface area (Å²) < 4.78 is 0. The van der Waals surface area contributed by atoms with Crippen molar-refractivity contribution in [3.05, 3.63) is 84.4 Å². The molecule has 0 aliphatic carbocycles. The summed E-state index contributed by atoms with van der Waals surface area (Å²) in [5.41, 5.74) is 2.30. The lowest BCUT2D eigenvalue weighted by molar-refractivity contribution is -0.141. The monoisotopic (exact) mass is 483 g/mol. The van der Waals surface area contributed by atoms with Crippen LogP contribution in [0.25, 0.3) is 11.1 Å². The number of hydrogen-bond acceptors (Lipinski definition) is 5. The Morgan fingerprint density at radius 2 is 1.44 bits per heavy atom. The van der Waals surface area contributed by atoms with Gasteiger partial charge in [-0.05, 0) is 28.8 Å². The minimum atomic E-state index is -1.20. The van der Waals surface area contributed by atoms with Crippen molar-refractivity contribution in [2.24, 2.45) is 0 Å². The van der Waals surface area contributed by atoms with Crippen molar-refractivity contribution in [1.29, 1.82) is 0 Å². The van der Waals surface area contributed by atoms with Gasteiger partial charge in [0, 0.05) is 46.1 Å². The highest BCUT2D eigenvalue weighted by Gasteiger charge is 2.53. The second-order valence-electron chi connectivity index (χ2n) is 9.49. The van der Waals surface area contributed by atoms with Gasteiger partial charge in [-0.2, -0.15) is 0 Å². The van der Waals surface area contributed by atoms with Gasteiger partial charge in [-0.25, -0.2) is 0 Å². The maximum atomic E-state index is 13.5. The molecule has 2 aliphatic rings. The first kappa shape index (κ1) is 23.6. The number of carbonyl (C=O) groups excluding carboxylic acids is 3. The lowest BCUT2D eigenvalue weighted by atomic mass is 9.75. The van der Waals surface area contributed by atoms with Gasteiger partial charge in [-0.15, -0.1) is 0 Å². The number of imide groups is 1. The van der Waals surface area contributed by atoms with Crippen LogP contribution >= 0.6 is 0 Å². The van der Waals surface area contributed by atoms with Crippen LogP contribution in [0.2, 0.25) is 0 Å². The van der Waals surface area contributed by atoms with Crippen molar-refractivity contribution in [3.63, 3.8) is 0 Å². The van der Waals surface area contributed by atoms with E-state index in [-0.39, 0.29) is 36.3 Å². The number of nitrogens with zero attached hydrogens (tertiary/aromatic N) is 3. The van der Waals surface area contributed by atoms with E-state index in [0.29, 0.717) is 31.7 Å². The molecule has 184 valence electrons. The normalized spacial score (nSPS) is 20.2. The third-order valence-electron chi connectivity index (χ3n) is 7.39. The molecular weight excluding hydrogens is 454 g/mol. The van der Waals surface area contributed by atoms with Crippen LogP contribution in [0.4, 0.5) is 5.69 Å². The number of benzene rings is 3. The molecule has 5 rings (SSSR count). The van der Waals surface area contributed by atoms with Crippen molar-refractivity contribution in [1.82, 2.24) is 9.80 Å². The molecule has 0 spiro atoms. The molecular formula is C29H29N3O4. The zero-order valence-electron chi connectivity index (χ0n) is 20.3. The molecule has 1 N–H and O–H groups in total. The number of amides is 3. The van der Waals surface area contributed by atoms with Crippen LogP contribution in [0.15, 0.2) is 78.9 Å². The number of phenolic OH excluding ortho intramolecular Hbond substituents is 1. The molecule has 3 amide bonds. The van der Waals surface area contributed by atoms with Gasteiger partial charge in [0.1, 0.15) is 5.75 Å². The highest BCUT2D eigenvalue weighted by Crippen LogP contribution is 2.40. The molecule has 2 aliphatic heterocycles. The van der Waals surface area contributed by atoms with Crippen molar-refractivity contribution in [3.8, 4) is 16.9 Å². The second kappa shape index (κ2) is 9.49. The average molecular weight is 484 g/mol. The number of anilines is 1. The number of piperazine rings is 1. The summed E-state index contributed by atoms with van der Waals surface area (Å²) in [6, 6.07) is 24.7. The summed E-state index contributed by atoms with van der Waals surface area (Å²) in [5.74, 6) is -0.533. The molecule has 3 aromatic rings. The fourth-order valence-corrected chi connectivity index (χ4v) is 5.26. The summed E-state index contributed by atoms with van der Waals surface area (Å²) in [6.45, 7) is 2.12. The molecule has 0 bridgehead atoms. The van der Waals surface area contributed by atoms with Gasteiger partial charge < -0.3 is 14.9 Å². The number of para-hydroxylation sites is 2. The van der Waals surface area contributed by atoms with Crippen LogP contribution in [0.3, 0.4) is 0 Å². The number of carbonyl (C=O) groups is 3. The Balaban J connectivity index is 1.36. The van der Waals surface area contributed by atoms with Gasteiger partial charge in [-0.3, -0.25) is 19.3 Å². The Morgan fingerprint density at radius 1 is 0.833 bits per heavy atom. The van der Waals surface area contributed by atoms with E-state index < -0.39 is 5.41 Å². The largest absolute Gasteiger partial charge is 0.506 e. The van der Waals surface area contributed by atoms with Gasteiger partial charge >= 0.3 is 0 Å². The van der Waals surface area contributed by atoms with E-state index in [1.54, 1.807) is 17.0 Å². The van der Waals surface area contributed by atoms with Gasteiger partial charge in [-0.1, -0.05) is 66.7 Å². The third-order valence-corrected chi connectivity index (χ3v) is 7.39. The summed E-state index contributed by atoms with van der Waals surface area (Å²) in [4.78, 5) is 44.4. The van der Waals surface area contributed by atoms with Crippen molar-refractivity contribution >= 4 is 23.4 Å². The first-order chi connectivity index (χ1) is 17.4. The molecule has 3 aromatic carbocycles. The summed E-state index contributed by atoms with van der Waals surface area (Å²) in [6.07, 6.45) is -0.0696. The number of phenols is 1. The van der Waals surface area contributed by atoms with E-state index in [9.17, 15) is 19.5 Å². The Kier molecular flexibility index (Phi) is 6.22. The minimum Gasteiger partial charge on any atom is -0.506 e. The minimum absolute atomic E-state index is 0.0173. The maximum Gasteiger partial charge on any atom is 0.240 e. The first-order valence-corrected chi connectivity index (χ1v) is 12.2. The lowest BCUT2D eigenvalue weighted by Gasteiger charge is -2.38. The topological polar surface area (TPSA) is 81.2 Å². The molecule has 0 aromatic heterocycles. The second-order valence-corrected chi connectivity index (χ2v) is 9.49. The highest BCUT2D eigenvalue weighted by atomic mass is 16.3. The molecule has 0 radical (unpaired) electrons. The van der Waals surface area contributed by atoms with Gasteiger partial charge in [0.25, 0.3) is 0 Å². The van der Waals surface area contributed by atoms with Crippen LogP contribution in [-0.2, 0) is 19.8 Å². The first-order valence-electron chi connectivity index (χ1n) is 12.2. The van der Waals surface area contributed by atoms with Crippen LogP contribution in [0, 0.1) is 0 Å². The molecule has 2 saturated heterocycles. The van der Waals surface area contributed by atoms with Crippen molar-refractivity contribution in [2.45, 2.75) is 18.3 Å². The van der Waals surface area contributed by atoms with E-state index >= 15 is 0 Å². The van der Waals surface area contributed by atoms with E-state index in [2.05, 4.69) is 4.90 Å². The Bertz CT molecular complexity index is 1280. The van der Waals surface area contributed by atoms with Gasteiger partial charge in [0.05, 0.1) is 11.1 Å². The Morgan fingerprint density at radius 3 is 2.06 bits per heavy atom. The van der Waals surface area contributed by atoms with Crippen molar-refractivity contribution in [2.75, 3.05) is 38.1 Å². The smallest absolute Gasteiger partial charge is 0.240 e.